The second-order valence-electron chi connectivity index (χ2n) is 5.64. The zero-order valence-corrected chi connectivity index (χ0v) is 11.5. The Balaban J connectivity index is 1.88. The fourth-order valence-corrected chi connectivity index (χ4v) is 3.16. The highest BCUT2D eigenvalue weighted by molar-refractivity contribution is 5.92. The molecular formula is C16H21NO2. The van der Waals surface area contributed by atoms with E-state index >= 15 is 0 Å². The molecule has 0 bridgehead atoms. The van der Waals surface area contributed by atoms with Gasteiger partial charge in [-0.25, -0.2) is 0 Å². The molecule has 1 saturated carbocycles. The van der Waals surface area contributed by atoms with Crippen LogP contribution in [0.3, 0.4) is 0 Å². The standard InChI is InChI=1S/C16H21NO2/c1-19-14-8-4-3-7-13(14)16(9-10-16)15(18)17-11-5-2-6-12-17/h3-4,7-8H,2,5-6,9-12H2,1H3. The quantitative estimate of drug-likeness (QED) is 0.835. The zero-order valence-electron chi connectivity index (χ0n) is 11.5. The summed E-state index contributed by atoms with van der Waals surface area (Å²) in [4.78, 5) is 14.9. The van der Waals surface area contributed by atoms with Crippen LogP contribution in [0.4, 0.5) is 0 Å². The lowest BCUT2D eigenvalue weighted by Crippen LogP contribution is -2.42. The monoisotopic (exact) mass is 259 g/mol. The molecule has 1 amide bonds. The van der Waals surface area contributed by atoms with Crippen LogP contribution in [0.25, 0.3) is 0 Å². The number of carbonyl (C=O) groups excluding carboxylic acids is 1. The Kier molecular flexibility index (Phi) is 3.21. The van der Waals surface area contributed by atoms with E-state index in [0.717, 1.165) is 50.1 Å². The second kappa shape index (κ2) is 4.87. The molecule has 2 aliphatic rings. The summed E-state index contributed by atoms with van der Waals surface area (Å²) in [5.74, 6) is 1.17. The Morgan fingerprint density at radius 3 is 2.47 bits per heavy atom. The molecule has 1 aliphatic heterocycles. The van der Waals surface area contributed by atoms with E-state index in [1.165, 1.54) is 6.42 Å². The average Bonchev–Trinajstić information content (AvgIpc) is 3.29. The molecule has 0 unspecified atom stereocenters. The van der Waals surface area contributed by atoms with Crippen molar-refractivity contribution < 1.29 is 9.53 Å². The Morgan fingerprint density at radius 2 is 1.84 bits per heavy atom. The molecular weight excluding hydrogens is 238 g/mol. The van der Waals surface area contributed by atoms with E-state index in [0.29, 0.717) is 5.91 Å². The number of rotatable bonds is 3. The maximum absolute atomic E-state index is 12.8. The number of nitrogens with zero attached hydrogens (tertiary/aromatic N) is 1. The molecule has 102 valence electrons. The number of likely N-dealkylation sites (tertiary alicyclic amines) is 1. The van der Waals surface area contributed by atoms with Gasteiger partial charge in [0, 0.05) is 18.7 Å². The Hall–Kier alpha value is -1.51. The van der Waals surface area contributed by atoms with E-state index in [1.807, 2.05) is 24.3 Å². The van der Waals surface area contributed by atoms with Crippen molar-refractivity contribution >= 4 is 5.91 Å². The summed E-state index contributed by atoms with van der Waals surface area (Å²) in [6.07, 6.45) is 5.47. The van der Waals surface area contributed by atoms with Gasteiger partial charge in [-0.15, -0.1) is 0 Å². The van der Waals surface area contributed by atoms with E-state index in [-0.39, 0.29) is 5.41 Å². The molecule has 0 spiro atoms. The van der Waals surface area contributed by atoms with E-state index in [2.05, 4.69) is 4.90 Å². The summed E-state index contributed by atoms with van der Waals surface area (Å²) in [5.41, 5.74) is 0.789. The van der Waals surface area contributed by atoms with E-state index in [9.17, 15) is 4.79 Å². The third-order valence-electron chi connectivity index (χ3n) is 4.43. The van der Waals surface area contributed by atoms with Gasteiger partial charge in [0.2, 0.25) is 5.91 Å². The average molecular weight is 259 g/mol. The SMILES string of the molecule is COc1ccccc1C1(C(=O)N2CCCCC2)CC1. The lowest BCUT2D eigenvalue weighted by atomic mass is 9.92. The molecule has 1 heterocycles. The first-order valence-electron chi connectivity index (χ1n) is 7.21. The zero-order chi connectivity index (χ0) is 13.3. The van der Waals surface area contributed by atoms with E-state index < -0.39 is 0 Å². The first kappa shape index (κ1) is 12.5. The van der Waals surface area contributed by atoms with Gasteiger partial charge < -0.3 is 9.64 Å². The molecule has 1 aromatic rings. The predicted octanol–water partition coefficient (Wildman–Crippen LogP) is 2.74. The number of benzene rings is 1. The number of carbonyl (C=O) groups is 1. The normalized spacial score (nSPS) is 21.0. The first-order valence-corrected chi connectivity index (χ1v) is 7.21. The summed E-state index contributed by atoms with van der Waals surface area (Å²) in [6.45, 7) is 1.85. The lowest BCUT2D eigenvalue weighted by Gasteiger charge is -2.31. The number of hydrogen-bond acceptors (Lipinski definition) is 2. The Morgan fingerprint density at radius 1 is 1.16 bits per heavy atom. The number of methoxy groups -OCH3 is 1. The molecule has 2 fully saturated rings. The largest absolute Gasteiger partial charge is 0.496 e. The van der Waals surface area contributed by atoms with Crippen LogP contribution in [0, 0.1) is 0 Å². The van der Waals surface area contributed by atoms with Gasteiger partial charge >= 0.3 is 0 Å². The molecule has 0 aromatic heterocycles. The molecule has 1 aliphatic carbocycles. The van der Waals surface area contributed by atoms with Crippen LogP contribution in [-0.4, -0.2) is 31.0 Å². The first-order chi connectivity index (χ1) is 9.28. The third-order valence-corrected chi connectivity index (χ3v) is 4.43. The van der Waals surface area contributed by atoms with Gasteiger partial charge in [-0.3, -0.25) is 4.79 Å². The summed E-state index contributed by atoms with van der Waals surface area (Å²) in [5, 5.41) is 0. The molecule has 19 heavy (non-hydrogen) atoms. The molecule has 3 rings (SSSR count). The maximum Gasteiger partial charge on any atom is 0.233 e. The number of ether oxygens (including phenoxy) is 1. The Labute approximate surface area is 114 Å². The van der Waals surface area contributed by atoms with Gasteiger partial charge in [-0.2, -0.15) is 0 Å². The van der Waals surface area contributed by atoms with Crippen molar-refractivity contribution in [3.05, 3.63) is 29.8 Å². The second-order valence-corrected chi connectivity index (χ2v) is 5.64. The summed E-state index contributed by atoms with van der Waals surface area (Å²) < 4.78 is 5.44. The van der Waals surface area contributed by atoms with Crippen LogP contribution in [0.2, 0.25) is 0 Å². The van der Waals surface area contributed by atoms with Crippen LogP contribution < -0.4 is 4.74 Å². The summed E-state index contributed by atoms with van der Waals surface area (Å²) in [7, 11) is 1.68. The molecule has 1 aromatic carbocycles. The highest BCUT2D eigenvalue weighted by Gasteiger charge is 2.54. The number of amides is 1. The van der Waals surface area contributed by atoms with Crippen molar-refractivity contribution in [1.29, 1.82) is 0 Å². The van der Waals surface area contributed by atoms with Crippen LogP contribution in [0.5, 0.6) is 5.75 Å². The fraction of sp³-hybridized carbons (Fsp3) is 0.562. The minimum atomic E-state index is -0.288. The van der Waals surface area contributed by atoms with Crippen molar-refractivity contribution in [3.8, 4) is 5.75 Å². The van der Waals surface area contributed by atoms with Crippen molar-refractivity contribution in [2.75, 3.05) is 20.2 Å². The fourth-order valence-electron chi connectivity index (χ4n) is 3.16. The van der Waals surface area contributed by atoms with Gasteiger partial charge in [0.25, 0.3) is 0 Å². The van der Waals surface area contributed by atoms with Crippen LogP contribution in [0.1, 0.15) is 37.7 Å². The van der Waals surface area contributed by atoms with Gasteiger partial charge in [0.15, 0.2) is 0 Å². The van der Waals surface area contributed by atoms with Gasteiger partial charge in [-0.1, -0.05) is 18.2 Å². The van der Waals surface area contributed by atoms with E-state index in [1.54, 1.807) is 7.11 Å². The molecule has 0 atom stereocenters. The summed E-state index contributed by atoms with van der Waals surface area (Å²) >= 11 is 0. The molecule has 0 radical (unpaired) electrons. The lowest BCUT2D eigenvalue weighted by molar-refractivity contribution is -0.134. The van der Waals surface area contributed by atoms with Crippen molar-refractivity contribution in [2.45, 2.75) is 37.5 Å². The van der Waals surface area contributed by atoms with Crippen molar-refractivity contribution in [3.63, 3.8) is 0 Å². The third kappa shape index (κ3) is 2.11. The van der Waals surface area contributed by atoms with Gasteiger partial charge in [0.05, 0.1) is 12.5 Å². The summed E-state index contributed by atoms with van der Waals surface area (Å²) in [6, 6.07) is 7.97. The number of hydrogen-bond donors (Lipinski definition) is 0. The topological polar surface area (TPSA) is 29.5 Å². The molecule has 1 saturated heterocycles. The van der Waals surface area contributed by atoms with E-state index in [4.69, 9.17) is 4.74 Å². The van der Waals surface area contributed by atoms with Crippen LogP contribution in [-0.2, 0) is 10.2 Å². The Bertz CT molecular complexity index is 473. The van der Waals surface area contributed by atoms with Crippen molar-refractivity contribution in [2.24, 2.45) is 0 Å². The number of para-hydroxylation sites is 1. The van der Waals surface area contributed by atoms with Crippen molar-refractivity contribution in [1.82, 2.24) is 4.90 Å². The number of piperidine rings is 1. The van der Waals surface area contributed by atoms with Gasteiger partial charge in [-0.05, 0) is 38.2 Å². The minimum Gasteiger partial charge on any atom is -0.496 e. The maximum atomic E-state index is 12.8. The van der Waals surface area contributed by atoms with Crippen LogP contribution in [0.15, 0.2) is 24.3 Å². The molecule has 3 nitrogen and oxygen atoms in total. The predicted molar refractivity (Wildman–Crippen MR) is 74.3 cm³/mol. The van der Waals surface area contributed by atoms with Gasteiger partial charge in [0.1, 0.15) is 5.75 Å². The smallest absolute Gasteiger partial charge is 0.233 e. The molecule has 0 N–H and O–H groups in total. The highest BCUT2D eigenvalue weighted by atomic mass is 16.5. The van der Waals surface area contributed by atoms with Crippen LogP contribution >= 0.6 is 0 Å². The minimum absolute atomic E-state index is 0.288. The molecule has 3 heteroatoms. The highest BCUT2D eigenvalue weighted by Crippen LogP contribution is 2.52.